The van der Waals surface area contributed by atoms with Gasteiger partial charge >= 0.3 is 0 Å². The van der Waals surface area contributed by atoms with Crippen LogP contribution in [0.4, 0.5) is 11.6 Å². The summed E-state index contributed by atoms with van der Waals surface area (Å²) in [6.45, 7) is 8.07. The fraction of sp³-hybridized carbons (Fsp3) is 0.480. The summed E-state index contributed by atoms with van der Waals surface area (Å²) in [7, 11) is -0.993. The first-order valence-electron chi connectivity index (χ1n) is 11.6. The highest BCUT2D eigenvalue weighted by Crippen LogP contribution is 2.32. The molecule has 8 heteroatoms. The monoisotopic (exact) mass is 486 g/mol. The molecule has 0 radical (unpaired) electrons. The number of aryl methyl sites for hydroxylation is 1. The fourth-order valence-electron chi connectivity index (χ4n) is 4.59. The second-order valence-corrected chi connectivity index (χ2v) is 11.3. The number of fused-ring (bicyclic) bond motifs is 1. The van der Waals surface area contributed by atoms with E-state index in [1.54, 1.807) is 16.8 Å². The Labute approximate surface area is 202 Å². The molecule has 2 aromatic heterocycles. The lowest BCUT2D eigenvalue weighted by Crippen LogP contribution is -2.23. The van der Waals surface area contributed by atoms with E-state index in [4.69, 9.17) is 11.6 Å². The number of hydrogen-bond donors (Lipinski definition) is 1. The average molecular weight is 487 g/mol. The van der Waals surface area contributed by atoms with Crippen molar-refractivity contribution in [3.63, 3.8) is 0 Å². The van der Waals surface area contributed by atoms with Crippen molar-refractivity contribution < 1.29 is 4.21 Å². The molecule has 1 unspecified atom stereocenters. The number of anilines is 2. The Morgan fingerprint density at radius 3 is 2.58 bits per heavy atom. The van der Waals surface area contributed by atoms with Gasteiger partial charge in [0.05, 0.1) is 10.8 Å². The maximum absolute atomic E-state index is 13.1. The Bertz CT molecular complexity index is 1250. The highest BCUT2D eigenvalue weighted by atomic mass is 35.5. The molecule has 1 N–H and O–H groups in total. The Balaban J connectivity index is 1.57. The predicted molar refractivity (Wildman–Crippen MR) is 136 cm³/mol. The number of nitrogens with zero attached hydrogens (tertiary/aromatic N) is 3. The van der Waals surface area contributed by atoms with E-state index in [-0.39, 0.29) is 21.9 Å². The molecular formula is C25H31ClN4O2S. The molecule has 4 rings (SSSR count). The van der Waals surface area contributed by atoms with Gasteiger partial charge in [0.25, 0.3) is 5.56 Å². The quantitative estimate of drug-likeness (QED) is 0.451. The minimum atomic E-state index is -0.993. The highest BCUT2D eigenvalue weighted by Gasteiger charge is 2.25. The van der Waals surface area contributed by atoms with Crippen molar-refractivity contribution in [1.82, 2.24) is 14.5 Å². The molecule has 176 valence electrons. The molecule has 0 saturated heterocycles. The molecular weight excluding hydrogens is 456 g/mol. The Morgan fingerprint density at radius 2 is 1.94 bits per heavy atom. The van der Waals surface area contributed by atoms with Crippen LogP contribution in [-0.4, -0.2) is 24.0 Å². The van der Waals surface area contributed by atoms with Gasteiger partial charge in [-0.2, -0.15) is 4.98 Å². The van der Waals surface area contributed by atoms with Gasteiger partial charge < -0.3 is 5.32 Å². The van der Waals surface area contributed by atoms with Gasteiger partial charge in [0.2, 0.25) is 5.95 Å². The van der Waals surface area contributed by atoms with E-state index in [1.165, 1.54) is 19.3 Å². The molecule has 0 spiro atoms. The number of pyridine rings is 1. The van der Waals surface area contributed by atoms with Crippen LogP contribution < -0.4 is 10.9 Å². The van der Waals surface area contributed by atoms with Crippen LogP contribution >= 0.6 is 11.6 Å². The molecule has 0 bridgehead atoms. The predicted octanol–water partition coefficient (Wildman–Crippen LogP) is 6.15. The molecule has 6 nitrogen and oxygen atoms in total. The highest BCUT2D eigenvalue weighted by molar-refractivity contribution is 7.85. The van der Waals surface area contributed by atoms with E-state index in [0.717, 1.165) is 34.9 Å². The van der Waals surface area contributed by atoms with Crippen LogP contribution in [0.5, 0.6) is 0 Å². The number of aromatic nitrogens is 3. The zero-order chi connectivity index (χ0) is 23.7. The van der Waals surface area contributed by atoms with Crippen molar-refractivity contribution in [3.05, 3.63) is 51.4 Å². The Hall–Kier alpha value is -2.25. The molecule has 1 aromatic carbocycles. The fourth-order valence-corrected chi connectivity index (χ4v) is 6.38. The van der Waals surface area contributed by atoms with Gasteiger partial charge in [-0.25, -0.2) is 4.98 Å². The van der Waals surface area contributed by atoms with Crippen molar-refractivity contribution in [2.75, 3.05) is 5.32 Å². The van der Waals surface area contributed by atoms with E-state index < -0.39 is 10.8 Å². The molecule has 1 fully saturated rings. The number of hydrogen-bond acceptors (Lipinski definition) is 5. The standard InChI is InChI=1S/C25H31ClN4O2S/c1-5-17-6-8-19(9-7-17)33(32)20-10-11-22(16(4)12-20)28-25-27-14-18-13-21(26)24(31)30(15(2)3)23(18)29-25/h10-15,17,19H,5-9H2,1-4H3,(H,27,28,29). The lowest BCUT2D eigenvalue weighted by molar-refractivity contribution is 0.353. The van der Waals surface area contributed by atoms with Crippen molar-refractivity contribution in [2.45, 2.75) is 76.0 Å². The van der Waals surface area contributed by atoms with Gasteiger partial charge in [-0.15, -0.1) is 0 Å². The molecule has 33 heavy (non-hydrogen) atoms. The molecule has 0 amide bonds. The summed E-state index contributed by atoms with van der Waals surface area (Å²) in [5.74, 6) is 1.19. The van der Waals surface area contributed by atoms with E-state index in [1.807, 2.05) is 39.0 Å². The third kappa shape index (κ3) is 4.99. The minimum absolute atomic E-state index is 0.0927. The molecule has 1 aliphatic rings. The molecule has 1 aliphatic carbocycles. The molecule has 3 aromatic rings. The van der Waals surface area contributed by atoms with Crippen molar-refractivity contribution in [1.29, 1.82) is 0 Å². The van der Waals surface area contributed by atoms with Gasteiger partial charge in [-0.3, -0.25) is 13.6 Å². The van der Waals surface area contributed by atoms with Crippen LogP contribution in [0.3, 0.4) is 0 Å². The van der Waals surface area contributed by atoms with Crippen LogP contribution in [0.2, 0.25) is 5.02 Å². The van der Waals surface area contributed by atoms with Crippen molar-refractivity contribution in [2.24, 2.45) is 5.92 Å². The van der Waals surface area contributed by atoms with Crippen LogP contribution in [0.15, 0.2) is 40.2 Å². The normalized spacial score (nSPS) is 19.7. The number of benzene rings is 1. The first kappa shape index (κ1) is 23.9. The summed E-state index contributed by atoms with van der Waals surface area (Å²) in [5, 5.41) is 4.36. The second kappa shape index (κ2) is 9.94. The Morgan fingerprint density at radius 1 is 1.21 bits per heavy atom. The third-order valence-corrected chi connectivity index (χ3v) is 8.66. The summed E-state index contributed by atoms with van der Waals surface area (Å²) < 4.78 is 14.7. The molecule has 1 atom stereocenters. The van der Waals surface area contributed by atoms with Gasteiger partial charge in [-0.1, -0.05) is 24.9 Å². The average Bonchev–Trinajstić information content (AvgIpc) is 2.80. The topological polar surface area (TPSA) is 76.9 Å². The molecule has 1 saturated carbocycles. The largest absolute Gasteiger partial charge is 0.324 e. The van der Waals surface area contributed by atoms with Crippen LogP contribution in [-0.2, 0) is 10.8 Å². The van der Waals surface area contributed by atoms with Gasteiger partial charge in [0.15, 0.2) is 0 Å². The zero-order valence-electron chi connectivity index (χ0n) is 19.6. The van der Waals surface area contributed by atoms with E-state index in [2.05, 4.69) is 22.2 Å². The number of halogens is 1. The third-order valence-electron chi connectivity index (χ3n) is 6.60. The maximum Gasteiger partial charge on any atom is 0.271 e. The smallest absolute Gasteiger partial charge is 0.271 e. The summed E-state index contributed by atoms with van der Waals surface area (Å²) in [6, 6.07) is 7.37. The van der Waals surface area contributed by atoms with Gasteiger partial charge in [0, 0.05) is 33.5 Å². The summed E-state index contributed by atoms with van der Waals surface area (Å²) in [5.41, 5.74) is 2.09. The van der Waals surface area contributed by atoms with Crippen LogP contribution in [0.1, 0.15) is 64.5 Å². The van der Waals surface area contributed by atoms with Crippen LogP contribution in [0, 0.1) is 12.8 Å². The van der Waals surface area contributed by atoms with E-state index in [9.17, 15) is 9.00 Å². The molecule has 2 heterocycles. The van der Waals surface area contributed by atoms with Crippen molar-refractivity contribution >= 4 is 45.1 Å². The Kier molecular flexibility index (Phi) is 7.19. The summed E-state index contributed by atoms with van der Waals surface area (Å²) in [4.78, 5) is 22.4. The number of nitrogens with one attached hydrogen (secondary N) is 1. The van der Waals surface area contributed by atoms with E-state index in [0.29, 0.717) is 17.0 Å². The van der Waals surface area contributed by atoms with Gasteiger partial charge in [-0.05, 0) is 82.2 Å². The lowest BCUT2D eigenvalue weighted by Gasteiger charge is -2.27. The second-order valence-electron chi connectivity index (χ2n) is 9.18. The number of rotatable bonds is 6. The first-order chi connectivity index (χ1) is 15.8. The maximum atomic E-state index is 13.1. The van der Waals surface area contributed by atoms with Crippen molar-refractivity contribution in [3.8, 4) is 0 Å². The van der Waals surface area contributed by atoms with Gasteiger partial charge in [0.1, 0.15) is 10.7 Å². The lowest BCUT2D eigenvalue weighted by atomic mass is 9.87. The summed E-state index contributed by atoms with van der Waals surface area (Å²) in [6.07, 6.45) is 7.32. The minimum Gasteiger partial charge on any atom is -0.324 e. The molecule has 0 aliphatic heterocycles. The van der Waals surface area contributed by atoms with Crippen LogP contribution in [0.25, 0.3) is 11.0 Å². The van der Waals surface area contributed by atoms with E-state index >= 15 is 0 Å². The SMILES string of the molecule is CCC1CCC(S(=O)c2ccc(Nc3ncc4cc(Cl)c(=O)n(C(C)C)c4n3)c(C)c2)CC1. The zero-order valence-corrected chi connectivity index (χ0v) is 21.2. The summed E-state index contributed by atoms with van der Waals surface area (Å²) >= 11 is 6.11. The first-order valence-corrected chi connectivity index (χ1v) is 13.2.